The molecule has 1 saturated heterocycles. The molecule has 2 aromatic heterocycles. The second-order valence-electron chi connectivity index (χ2n) is 7.15. The molecule has 27 heavy (non-hydrogen) atoms. The maximum absolute atomic E-state index is 9.21. The summed E-state index contributed by atoms with van der Waals surface area (Å²) in [5.74, 6) is 1.58. The molecule has 4 rings (SSSR count). The lowest BCUT2D eigenvalue weighted by Gasteiger charge is -2.20. The Hall–Kier alpha value is -2.42. The van der Waals surface area contributed by atoms with Crippen LogP contribution in [-0.2, 0) is 6.42 Å². The van der Waals surface area contributed by atoms with Gasteiger partial charge < -0.3 is 9.32 Å². The van der Waals surface area contributed by atoms with Gasteiger partial charge in [-0.25, -0.2) is 4.98 Å². The van der Waals surface area contributed by atoms with Crippen LogP contribution in [0.3, 0.4) is 0 Å². The molecule has 0 spiro atoms. The topological polar surface area (TPSA) is 53.1 Å². The normalized spacial score (nSPS) is 17.3. The minimum atomic E-state index is 0.675. The van der Waals surface area contributed by atoms with Gasteiger partial charge in [0.1, 0.15) is 16.7 Å². The van der Waals surface area contributed by atoms with E-state index in [1.54, 1.807) is 0 Å². The first-order valence-corrected chi connectivity index (χ1v) is 10.3. The molecule has 1 atom stereocenters. The van der Waals surface area contributed by atoms with Crippen molar-refractivity contribution in [1.29, 1.82) is 5.26 Å². The van der Waals surface area contributed by atoms with Gasteiger partial charge in [0.05, 0.1) is 5.69 Å². The van der Waals surface area contributed by atoms with E-state index in [-0.39, 0.29) is 0 Å². The van der Waals surface area contributed by atoms with Gasteiger partial charge in [-0.15, -0.1) is 11.3 Å². The summed E-state index contributed by atoms with van der Waals surface area (Å²) in [6.45, 7) is 6.54. The first-order valence-electron chi connectivity index (χ1n) is 9.44. The molecule has 0 N–H and O–H groups in total. The van der Waals surface area contributed by atoms with E-state index < -0.39 is 0 Å². The van der Waals surface area contributed by atoms with Gasteiger partial charge in [-0.3, -0.25) is 0 Å². The van der Waals surface area contributed by atoms with Gasteiger partial charge in [0.15, 0.2) is 0 Å². The number of oxazole rings is 1. The van der Waals surface area contributed by atoms with Crippen molar-refractivity contribution >= 4 is 11.3 Å². The second kappa shape index (κ2) is 7.67. The van der Waals surface area contributed by atoms with E-state index in [0.717, 1.165) is 46.0 Å². The van der Waals surface area contributed by atoms with E-state index >= 15 is 0 Å². The Morgan fingerprint density at radius 2 is 2.04 bits per heavy atom. The minimum absolute atomic E-state index is 0.675. The van der Waals surface area contributed by atoms with E-state index in [1.165, 1.54) is 30.7 Å². The molecular formula is C22H23N3OS. The Balaban J connectivity index is 1.50. The number of likely N-dealkylation sites (tertiary alicyclic amines) is 1. The molecule has 5 heteroatoms. The predicted molar refractivity (Wildman–Crippen MR) is 109 cm³/mol. The molecular weight excluding hydrogens is 354 g/mol. The smallest absolute Gasteiger partial charge is 0.226 e. The van der Waals surface area contributed by atoms with Crippen molar-refractivity contribution in [3.63, 3.8) is 0 Å². The SMILES string of the molecule is Cc1oc(-c2ccc(-c3ccsc3C#N)cc2)nc1CCN1CCC[C@H]1C. The molecule has 138 valence electrons. The summed E-state index contributed by atoms with van der Waals surface area (Å²) in [6, 6.07) is 13.0. The van der Waals surface area contributed by atoms with Crippen molar-refractivity contribution in [3.8, 4) is 28.7 Å². The summed E-state index contributed by atoms with van der Waals surface area (Å²) in [5.41, 5.74) is 4.05. The van der Waals surface area contributed by atoms with Gasteiger partial charge in [-0.2, -0.15) is 5.26 Å². The Labute approximate surface area is 164 Å². The zero-order chi connectivity index (χ0) is 18.8. The number of thiophene rings is 1. The van der Waals surface area contributed by atoms with Crippen LogP contribution in [0.4, 0.5) is 0 Å². The Morgan fingerprint density at radius 1 is 1.26 bits per heavy atom. The summed E-state index contributed by atoms with van der Waals surface area (Å²) in [4.78, 5) is 8.03. The van der Waals surface area contributed by atoms with Crippen molar-refractivity contribution in [2.75, 3.05) is 13.1 Å². The first kappa shape index (κ1) is 18.0. The number of nitriles is 1. The summed E-state index contributed by atoms with van der Waals surface area (Å²) in [5, 5.41) is 11.2. The van der Waals surface area contributed by atoms with Crippen molar-refractivity contribution < 1.29 is 4.42 Å². The summed E-state index contributed by atoms with van der Waals surface area (Å²) in [6.07, 6.45) is 3.53. The monoisotopic (exact) mass is 377 g/mol. The number of hydrogen-bond donors (Lipinski definition) is 0. The molecule has 0 aliphatic carbocycles. The van der Waals surface area contributed by atoms with E-state index in [2.05, 4.69) is 17.9 Å². The summed E-state index contributed by atoms with van der Waals surface area (Å²) in [7, 11) is 0. The Morgan fingerprint density at radius 3 is 2.74 bits per heavy atom. The number of hydrogen-bond acceptors (Lipinski definition) is 5. The van der Waals surface area contributed by atoms with Crippen LogP contribution >= 0.6 is 11.3 Å². The van der Waals surface area contributed by atoms with Crippen LogP contribution in [0.15, 0.2) is 40.1 Å². The second-order valence-corrected chi connectivity index (χ2v) is 8.07. The average Bonchev–Trinajstić information content (AvgIpc) is 3.40. The van der Waals surface area contributed by atoms with Crippen LogP contribution in [-0.4, -0.2) is 29.0 Å². The van der Waals surface area contributed by atoms with Gasteiger partial charge in [0, 0.05) is 30.1 Å². The molecule has 1 aliphatic rings. The van der Waals surface area contributed by atoms with Crippen LogP contribution in [0.5, 0.6) is 0 Å². The van der Waals surface area contributed by atoms with Crippen molar-refractivity contribution in [3.05, 3.63) is 52.0 Å². The van der Waals surface area contributed by atoms with Gasteiger partial charge in [-0.1, -0.05) is 12.1 Å². The highest BCUT2D eigenvalue weighted by Crippen LogP contribution is 2.30. The Bertz CT molecular complexity index is 964. The third-order valence-electron chi connectivity index (χ3n) is 5.43. The van der Waals surface area contributed by atoms with Crippen LogP contribution < -0.4 is 0 Å². The van der Waals surface area contributed by atoms with E-state index in [4.69, 9.17) is 9.40 Å². The maximum atomic E-state index is 9.21. The highest BCUT2D eigenvalue weighted by Gasteiger charge is 2.21. The highest BCUT2D eigenvalue weighted by molar-refractivity contribution is 7.11. The zero-order valence-corrected chi connectivity index (χ0v) is 16.6. The molecule has 3 aromatic rings. The molecule has 1 aliphatic heterocycles. The number of aromatic nitrogens is 1. The molecule has 4 nitrogen and oxygen atoms in total. The molecule has 0 bridgehead atoms. The van der Waals surface area contributed by atoms with Gasteiger partial charge in [0.25, 0.3) is 0 Å². The van der Waals surface area contributed by atoms with Gasteiger partial charge in [0.2, 0.25) is 5.89 Å². The molecule has 1 aromatic carbocycles. The molecule has 0 unspecified atom stereocenters. The minimum Gasteiger partial charge on any atom is -0.441 e. The lowest BCUT2D eigenvalue weighted by Crippen LogP contribution is -2.29. The van der Waals surface area contributed by atoms with Crippen LogP contribution in [0.25, 0.3) is 22.6 Å². The van der Waals surface area contributed by atoms with Gasteiger partial charge >= 0.3 is 0 Å². The van der Waals surface area contributed by atoms with E-state index in [1.807, 2.05) is 42.6 Å². The predicted octanol–water partition coefficient (Wildman–Crippen LogP) is 5.28. The number of benzene rings is 1. The van der Waals surface area contributed by atoms with Crippen molar-refractivity contribution in [2.45, 2.75) is 39.2 Å². The summed E-state index contributed by atoms with van der Waals surface area (Å²) >= 11 is 1.47. The quantitative estimate of drug-likeness (QED) is 0.607. The fourth-order valence-electron chi connectivity index (χ4n) is 3.77. The zero-order valence-electron chi connectivity index (χ0n) is 15.7. The number of rotatable bonds is 5. The molecule has 0 amide bonds. The van der Waals surface area contributed by atoms with Gasteiger partial charge in [-0.05, 0) is 62.4 Å². The third kappa shape index (κ3) is 3.69. The van der Waals surface area contributed by atoms with E-state index in [0.29, 0.717) is 11.9 Å². The lowest BCUT2D eigenvalue weighted by atomic mass is 10.0. The molecule has 0 saturated carbocycles. The first-order chi connectivity index (χ1) is 13.2. The van der Waals surface area contributed by atoms with Crippen LogP contribution in [0.2, 0.25) is 0 Å². The van der Waals surface area contributed by atoms with Crippen molar-refractivity contribution in [2.24, 2.45) is 0 Å². The van der Waals surface area contributed by atoms with E-state index in [9.17, 15) is 5.26 Å². The standard InChI is InChI=1S/C22H23N3OS/c1-15-4-3-11-25(15)12-9-20-16(2)26-22(24-20)18-7-5-17(6-8-18)19-10-13-27-21(19)14-23/h5-8,10,13,15H,3-4,9,11-12H2,1-2H3/t15-/m1/s1. The average molecular weight is 378 g/mol. The van der Waals surface area contributed by atoms with Crippen molar-refractivity contribution in [1.82, 2.24) is 9.88 Å². The molecule has 1 fully saturated rings. The third-order valence-corrected chi connectivity index (χ3v) is 6.25. The maximum Gasteiger partial charge on any atom is 0.226 e. The molecule has 0 radical (unpaired) electrons. The number of nitrogens with zero attached hydrogens (tertiary/aromatic N) is 3. The largest absolute Gasteiger partial charge is 0.441 e. The fraction of sp³-hybridized carbons (Fsp3) is 0.364. The van der Waals surface area contributed by atoms with Crippen LogP contribution in [0, 0.1) is 18.3 Å². The number of aryl methyl sites for hydroxylation is 1. The highest BCUT2D eigenvalue weighted by atomic mass is 32.1. The van der Waals surface area contributed by atoms with Crippen LogP contribution in [0.1, 0.15) is 36.1 Å². The Kier molecular flexibility index (Phi) is 5.11. The lowest BCUT2D eigenvalue weighted by molar-refractivity contribution is 0.271. The fourth-order valence-corrected chi connectivity index (χ4v) is 4.48. The molecule has 3 heterocycles. The summed E-state index contributed by atoms with van der Waals surface area (Å²) < 4.78 is 5.94.